The molecule has 172 valence electrons. The van der Waals surface area contributed by atoms with Crippen molar-refractivity contribution >= 4 is 27.1 Å². The first-order valence-electron chi connectivity index (χ1n) is 10.2. The van der Waals surface area contributed by atoms with E-state index >= 15 is 0 Å². The van der Waals surface area contributed by atoms with Gasteiger partial charge >= 0.3 is 6.36 Å². The fraction of sp³-hybridized carbons (Fsp3) is 0.429. The highest BCUT2D eigenvalue weighted by molar-refractivity contribution is 7.91. The number of nitrogens with one attached hydrogen (secondary N) is 1. The van der Waals surface area contributed by atoms with Crippen LogP contribution in [0.1, 0.15) is 34.5 Å². The normalized spacial score (nSPS) is 18.0. The lowest BCUT2D eigenvalue weighted by Gasteiger charge is -2.29. The molecule has 1 aliphatic carbocycles. The lowest BCUT2D eigenvalue weighted by Crippen LogP contribution is -2.44. The number of pyridine rings is 1. The summed E-state index contributed by atoms with van der Waals surface area (Å²) in [5.74, 6) is -0.741. The molecule has 0 unspecified atom stereocenters. The van der Waals surface area contributed by atoms with Crippen molar-refractivity contribution in [3.8, 4) is 5.75 Å². The molecule has 2 aliphatic rings. The number of aromatic nitrogens is 1. The molecule has 0 spiro atoms. The number of rotatable bonds is 4. The fourth-order valence-corrected chi connectivity index (χ4v) is 5.23. The Bertz CT molecular complexity index is 1120. The van der Waals surface area contributed by atoms with Crippen LogP contribution in [0.3, 0.4) is 0 Å². The van der Waals surface area contributed by atoms with E-state index in [1.165, 1.54) is 29.3 Å². The van der Waals surface area contributed by atoms with Crippen molar-refractivity contribution in [2.45, 2.75) is 32.0 Å². The van der Waals surface area contributed by atoms with Gasteiger partial charge < -0.3 is 15.0 Å². The second-order valence-electron chi connectivity index (χ2n) is 7.83. The minimum Gasteiger partial charge on any atom is -0.406 e. The zero-order chi connectivity index (χ0) is 22.9. The molecule has 0 atom stereocenters. The third-order valence-electron chi connectivity index (χ3n) is 5.58. The van der Waals surface area contributed by atoms with Gasteiger partial charge in [0.15, 0.2) is 9.84 Å². The van der Waals surface area contributed by atoms with E-state index in [0.29, 0.717) is 29.9 Å². The van der Waals surface area contributed by atoms with Gasteiger partial charge in [-0.1, -0.05) is 6.07 Å². The molecule has 1 aromatic heterocycles. The van der Waals surface area contributed by atoms with Crippen LogP contribution in [0.4, 0.5) is 24.5 Å². The summed E-state index contributed by atoms with van der Waals surface area (Å²) in [6, 6.07) is 5.53. The number of anilines is 2. The Hall–Kier alpha value is -2.82. The second kappa shape index (κ2) is 8.61. The van der Waals surface area contributed by atoms with E-state index < -0.39 is 16.2 Å². The van der Waals surface area contributed by atoms with Crippen molar-refractivity contribution in [2.24, 2.45) is 0 Å². The number of hydrogen-bond acceptors (Lipinski definition) is 6. The first kappa shape index (κ1) is 22.4. The number of fused-ring (bicyclic) bond motifs is 1. The average molecular weight is 469 g/mol. The Labute approximate surface area is 183 Å². The summed E-state index contributed by atoms with van der Waals surface area (Å²) in [4.78, 5) is 18.9. The largest absolute Gasteiger partial charge is 0.573 e. The van der Waals surface area contributed by atoms with Crippen molar-refractivity contribution in [2.75, 3.05) is 29.9 Å². The van der Waals surface area contributed by atoms with E-state index in [0.717, 1.165) is 24.0 Å². The summed E-state index contributed by atoms with van der Waals surface area (Å²) in [6.07, 6.45) is -0.111. The topological polar surface area (TPSA) is 88.6 Å². The van der Waals surface area contributed by atoms with Crippen molar-refractivity contribution in [3.05, 3.63) is 47.3 Å². The maximum atomic E-state index is 13.1. The highest BCUT2D eigenvalue weighted by Crippen LogP contribution is 2.33. The minimum absolute atomic E-state index is 0.0586. The van der Waals surface area contributed by atoms with Crippen LogP contribution in [0.5, 0.6) is 5.75 Å². The van der Waals surface area contributed by atoms with Gasteiger partial charge in [0.1, 0.15) is 11.4 Å². The lowest BCUT2D eigenvalue weighted by molar-refractivity contribution is -0.274. The Morgan fingerprint density at radius 3 is 2.47 bits per heavy atom. The molecule has 1 saturated heterocycles. The fourth-order valence-electron chi connectivity index (χ4n) is 4.03. The Kier molecular flexibility index (Phi) is 6.02. The van der Waals surface area contributed by atoms with E-state index in [9.17, 15) is 26.4 Å². The lowest BCUT2D eigenvalue weighted by atomic mass is 9.89. The molecule has 11 heteroatoms. The van der Waals surface area contributed by atoms with E-state index in [1.807, 2.05) is 0 Å². The number of alkyl halides is 3. The van der Waals surface area contributed by atoms with E-state index in [-0.39, 0.29) is 36.3 Å². The van der Waals surface area contributed by atoms with Crippen molar-refractivity contribution in [1.82, 2.24) is 9.88 Å². The maximum Gasteiger partial charge on any atom is 0.573 e. The average Bonchev–Trinajstić information content (AvgIpc) is 2.72. The summed E-state index contributed by atoms with van der Waals surface area (Å²) in [7, 11) is -3.11. The van der Waals surface area contributed by atoms with Gasteiger partial charge in [-0.05, 0) is 48.9 Å². The summed E-state index contributed by atoms with van der Waals surface area (Å²) in [5, 5.41) is 3.10. The Balaban J connectivity index is 1.59. The molecular formula is C21H22F3N3O4S. The quantitative estimate of drug-likeness (QED) is 0.738. The number of carbonyl (C=O) groups excluding carboxylic acids is 1. The molecule has 1 N–H and O–H groups in total. The highest BCUT2D eigenvalue weighted by atomic mass is 32.2. The second-order valence-corrected chi connectivity index (χ2v) is 10.1. The molecule has 0 saturated carbocycles. The summed E-state index contributed by atoms with van der Waals surface area (Å²) in [6.45, 7) is 0.285. The van der Waals surface area contributed by atoms with Gasteiger partial charge in [0.05, 0.1) is 23.4 Å². The molecule has 2 aromatic rings. The van der Waals surface area contributed by atoms with Gasteiger partial charge in [0.2, 0.25) is 0 Å². The molecule has 0 radical (unpaired) electrons. The van der Waals surface area contributed by atoms with Crippen LogP contribution in [-0.2, 0) is 22.7 Å². The number of halogens is 3. The van der Waals surface area contributed by atoms with Crippen LogP contribution in [-0.4, -0.2) is 55.2 Å². The predicted octanol–water partition coefficient (Wildman–Crippen LogP) is 3.47. The number of carbonyl (C=O) groups is 1. The van der Waals surface area contributed by atoms with Gasteiger partial charge in [0.25, 0.3) is 5.91 Å². The zero-order valence-electron chi connectivity index (χ0n) is 17.1. The molecule has 2 heterocycles. The highest BCUT2D eigenvalue weighted by Gasteiger charge is 2.32. The number of amides is 1. The first-order valence-corrected chi connectivity index (χ1v) is 12.1. The Morgan fingerprint density at radius 2 is 1.78 bits per heavy atom. The predicted molar refractivity (Wildman–Crippen MR) is 112 cm³/mol. The van der Waals surface area contributed by atoms with Crippen LogP contribution in [0.2, 0.25) is 0 Å². The molecule has 0 bridgehead atoms. The first-order chi connectivity index (χ1) is 15.1. The number of sulfone groups is 1. The summed E-state index contributed by atoms with van der Waals surface area (Å²) >= 11 is 0. The number of benzene rings is 1. The van der Waals surface area contributed by atoms with E-state index in [4.69, 9.17) is 0 Å². The maximum absolute atomic E-state index is 13.1. The van der Waals surface area contributed by atoms with Gasteiger partial charge in [-0.2, -0.15) is 0 Å². The minimum atomic E-state index is -4.78. The van der Waals surface area contributed by atoms with Crippen molar-refractivity contribution < 1.29 is 31.1 Å². The van der Waals surface area contributed by atoms with Gasteiger partial charge in [-0.3, -0.25) is 4.79 Å². The van der Waals surface area contributed by atoms with Crippen LogP contribution >= 0.6 is 0 Å². The summed E-state index contributed by atoms with van der Waals surface area (Å²) < 4.78 is 64.9. The molecule has 7 nitrogen and oxygen atoms in total. The molecule has 1 fully saturated rings. The third-order valence-corrected chi connectivity index (χ3v) is 7.19. The molecular weight excluding hydrogens is 447 g/mol. The molecule has 1 aromatic carbocycles. The van der Waals surface area contributed by atoms with Gasteiger partial charge in [0, 0.05) is 24.8 Å². The van der Waals surface area contributed by atoms with Crippen LogP contribution in [0.25, 0.3) is 0 Å². The number of nitrogens with zero attached hydrogens (tertiary/aromatic N) is 2. The molecule has 1 aliphatic heterocycles. The van der Waals surface area contributed by atoms with Crippen LogP contribution in [0.15, 0.2) is 30.5 Å². The molecule has 4 rings (SSSR count). The van der Waals surface area contributed by atoms with E-state index in [1.54, 1.807) is 6.07 Å². The smallest absolute Gasteiger partial charge is 0.406 e. The monoisotopic (exact) mass is 469 g/mol. The van der Waals surface area contributed by atoms with Gasteiger partial charge in [-0.15, -0.1) is 13.2 Å². The standard InChI is InChI=1S/C21H22F3N3O4S/c22-21(23,24)31-15-5-3-4-14(12-15)26-18-13-25-19(17-7-2-1-6-16(17)18)20(28)27-8-10-32(29,30)11-9-27/h3-5,12-13,26H,1-2,6-11H2. The van der Waals surface area contributed by atoms with E-state index in [2.05, 4.69) is 15.0 Å². The van der Waals surface area contributed by atoms with Crippen molar-refractivity contribution in [1.29, 1.82) is 0 Å². The molecule has 32 heavy (non-hydrogen) atoms. The van der Waals surface area contributed by atoms with Gasteiger partial charge in [-0.25, -0.2) is 13.4 Å². The number of hydrogen-bond donors (Lipinski definition) is 1. The Morgan fingerprint density at radius 1 is 1.09 bits per heavy atom. The van der Waals surface area contributed by atoms with Crippen LogP contribution < -0.4 is 10.1 Å². The van der Waals surface area contributed by atoms with Crippen molar-refractivity contribution in [3.63, 3.8) is 0 Å². The van der Waals surface area contributed by atoms with Crippen LogP contribution in [0, 0.1) is 0 Å². The molecule has 1 amide bonds. The SMILES string of the molecule is O=C(c1ncc(Nc2cccc(OC(F)(F)F)c2)c2c1CCCC2)N1CCS(=O)(=O)CC1. The third kappa shape index (κ3) is 5.14. The zero-order valence-corrected chi connectivity index (χ0v) is 17.9. The number of ether oxygens (including phenoxy) is 1. The summed E-state index contributed by atoms with van der Waals surface area (Å²) in [5.41, 5.74) is 3.06.